The zero-order valence-corrected chi connectivity index (χ0v) is 17.3. The first-order chi connectivity index (χ1) is 14.2. The molecule has 0 saturated carbocycles. The van der Waals surface area contributed by atoms with Crippen molar-refractivity contribution in [1.29, 1.82) is 0 Å². The molecule has 0 aliphatic carbocycles. The van der Waals surface area contributed by atoms with Crippen molar-refractivity contribution in [3.8, 4) is 0 Å². The topological polar surface area (TPSA) is 81.8 Å². The second kappa shape index (κ2) is 8.65. The minimum absolute atomic E-state index is 0.137. The van der Waals surface area contributed by atoms with E-state index in [4.69, 9.17) is 11.6 Å². The van der Waals surface area contributed by atoms with Crippen LogP contribution in [0.15, 0.2) is 60.2 Å². The highest BCUT2D eigenvalue weighted by Gasteiger charge is 2.19. The Balaban J connectivity index is 1.56. The molecule has 148 valence electrons. The number of hydrogen-bond acceptors (Lipinski definition) is 5. The van der Waals surface area contributed by atoms with Gasteiger partial charge in [-0.1, -0.05) is 23.7 Å². The lowest BCUT2D eigenvalue weighted by atomic mass is 10.1. The summed E-state index contributed by atoms with van der Waals surface area (Å²) >= 11 is 7.53. The molecule has 1 unspecified atom stereocenters. The molecule has 0 fully saturated rings. The summed E-state index contributed by atoms with van der Waals surface area (Å²) in [6.45, 7) is 0.592. The van der Waals surface area contributed by atoms with Gasteiger partial charge in [0.15, 0.2) is 0 Å². The fraction of sp³-hybridized carbons (Fsp3) is 0.143. The third-order valence-electron chi connectivity index (χ3n) is 4.57. The van der Waals surface area contributed by atoms with Crippen molar-refractivity contribution < 1.29 is 4.79 Å². The fourth-order valence-corrected chi connectivity index (χ4v) is 4.15. The standard InChI is InChI=1S/C21H20ClN5OS/c1-23-12-18(13-3-2-4-14(22)11-13)27-21(28)19-17(7-10-29-19)26-16-6-9-25-20-15(16)5-8-24-20/h2-11,18,23H,12H2,1H3,(H,27,28)(H2,24,25,26). The van der Waals surface area contributed by atoms with Crippen LogP contribution in [0.4, 0.5) is 11.4 Å². The van der Waals surface area contributed by atoms with Gasteiger partial charge >= 0.3 is 0 Å². The number of likely N-dealkylation sites (N-methyl/N-ethyl adjacent to an activating group) is 1. The molecule has 0 spiro atoms. The molecule has 1 atom stereocenters. The van der Waals surface area contributed by atoms with Gasteiger partial charge in [-0.25, -0.2) is 4.98 Å². The van der Waals surface area contributed by atoms with Crippen LogP contribution in [-0.4, -0.2) is 29.5 Å². The number of amides is 1. The van der Waals surface area contributed by atoms with E-state index in [1.54, 1.807) is 6.20 Å². The van der Waals surface area contributed by atoms with Gasteiger partial charge in [0.25, 0.3) is 5.91 Å². The highest BCUT2D eigenvalue weighted by Crippen LogP contribution is 2.30. The number of carbonyl (C=O) groups excluding carboxylic acids is 1. The summed E-state index contributed by atoms with van der Waals surface area (Å²) in [6, 6.07) is 13.1. The van der Waals surface area contributed by atoms with Gasteiger partial charge in [-0.3, -0.25) is 4.79 Å². The Bertz CT molecular complexity index is 1140. The Kier molecular flexibility index (Phi) is 5.80. The number of hydrogen-bond donors (Lipinski definition) is 4. The Morgan fingerprint density at radius 1 is 1.24 bits per heavy atom. The molecule has 6 nitrogen and oxygen atoms in total. The number of anilines is 2. The van der Waals surface area contributed by atoms with E-state index in [-0.39, 0.29) is 11.9 Å². The maximum atomic E-state index is 13.1. The lowest BCUT2D eigenvalue weighted by Gasteiger charge is -2.19. The van der Waals surface area contributed by atoms with Crippen LogP contribution in [0.5, 0.6) is 0 Å². The van der Waals surface area contributed by atoms with E-state index < -0.39 is 0 Å². The first kappa shape index (κ1) is 19.4. The number of rotatable bonds is 7. The van der Waals surface area contributed by atoms with Crippen molar-refractivity contribution in [3.63, 3.8) is 0 Å². The van der Waals surface area contributed by atoms with E-state index >= 15 is 0 Å². The monoisotopic (exact) mass is 425 g/mol. The van der Waals surface area contributed by atoms with Gasteiger partial charge in [0.1, 0.15) is 10.5 Å². The molecule has 0 radical (unpaired) electrons. The van der Waals surface area contributed by atoms with E-state index in [1.807, 2.05) is 61.1 Å². The second-order valence-electron chi connectivity index (χ2n) is 6.53. The van der Waals surface area contributed by atoms with Gasteiger partial charge in [-0.2, -0.15) is 0 Å². The van der Waals surface area contributed by atoms with Crippen LogP contribution < -0.4 is 16.0 Å². The van der Waals surface area contributed by atoms with Crippen LogP contribution in [0.2, 0.25) is 5.02 Å². The van der Waals surface area contributed by atoms with Crippen molar-refractivity contribution in [1.82, 2.24) is 20.6 Å². The van der Waals surface area contributed by atoms with E-state index in [2.05, 4.69) is 25.9 Å². The van der Waals surface area contributed by atoms with Crippen molar-refractivity contribution in [2.24, 2.45) is 0 Å². The van der Waals surface area contributed by atoms with E-state index in [0.717, 1.165) is 28.0 Å². The summed E-state index contributed by atoms with van der Waals surface area (Å²) in [5, 5.41) is 13.1. The second-order valence-corrected chi connectivity index (χ2v) is 7.88. The summed E-state index contributed by atoms with van der Waals surface area (Å²) in [6.07, 6.45) is 3.58. The van der Waals surface area contributed by atoms with Crippen LogP contribution in [0.3, 0.4) is 0 Å². The first-order valence-electron chi connectivity index (χ1n) is 9.13. The fourth-order valence-electron chi connectivity index (χ4n) is 3.20. The number of nitrogens with zero attached hydrogens (tertiary/aromatic N) is 1. The lowest BCUT2D eigenvalue weighted by Crippen LogP contribution is -2.34. The molecule has 4 rings (SSSR count). The summed E-state index contributed by atoms with van der Waals surface area (Å²) in [4.78, 5) is 21.1. The van der Waals surface area contributed by atoms with Crippen LogP contribution in [0.25, 0.3) is 11.0 Å². The Morgan fingerprint density at radius 3 is 2.97 bits per heavy atom. The van der Waals surface area contributed by atoms with E-state index in [9.17, 15) is 4.79 Å². The Hall–Kier alpha value is -2.87. The first-order valence-corrected chi connectivity index (χ1v) is 10.4. The van der Waals surface area contributed by atoms with Crippen molar-refractivity contribution >= 4 is 51.3 Å². The predicted molar refractivity (Wildman–Crippen MR) is 119 cm³/mol. The molecular weight excluding hydrogens is 406 g/mol. The highest BCUT2D eigenvalue weighted by molar-refractivity contribution is 7.12. The van der Waals surface area contributed by atoms with Crippen LogP contribution in [-0.2, 0) is 0 Å². The quantitative estimate of drug-likeness (QED) is 0.345. The van der Waals surface area contributed by atoms with Crippen LogP contribution in [0.1, 0.15) is 21.3 Å². The van der Waals surface area contributed by atoms with Crippen LogP contribution in [0, 0.1) is 0 Å². The zero-order valence-electron chi connectivity index (χ0n) is 15.7. The molecule has 0 aliphatic rings. The average Bonchev–Trinajstić information content (AvgIpc) is 3.37. The van der Waals surface area contributed by atoms with E-state index in [1.165, 1.54) is 11.3 Å². The third-order valence-corrected chi connectivity index (χ3v) is 5.71. The van der Waals surface area contributed by atoms with Gasteiger partial charge in [-0.15, -0.1) is 11.3 Å². The smallest absolute Gasteiger partial charge is 0.264 e. The number of halogens is 1. The number of aromatic amines is 1. The largest absolute Gasteiger partial charge is 0.354 e. The van der Waals surface area contributed by atoms with Gasteiger partial charge in [0, 0.05) is 29.3 Å². The van der Waals surface area contributed by atoms with Crippen molar-refractivity contribution in [3.05, 3.63) is 75.7 Å². The summed E-state index contributed by atoms with van der Waals surface area (Å²) < 4.78 is 0. The molecule has 8 heteroatoms. The molecule has 29 heavy (non-hydrogen) atoms. The van der Waals surface area contributed by atoms with Gasteiger partial charge in [0.05, 0.1) is 17.4 Å². The molecule has 0 bridgehead atoms. The highest BCUT2D eigenvalue weighted by atomic mass is 35.5. The number of carbonyl (C=O) groups is 1. The number of fused-ring (bicyclic) bond motifs is 1. The molecular formula is C21H20ClN5OS. The Morgan fingerprint density at radius 2 is 2.14 bits per heavy atom. The number of aromatic nitrogens is 2. The molecule has 0 aliphatic heterocycles. The van der Waals surface area contributed by atoms with Gasteiger partial charge in [0.2, 0.25) is 0 Å². The summed E-state index contributed by atoms with van der Waals surface area (Å²) in [5.74, 6) is -0.137. The molecule has 3 heterocycles. The zero-order chi connectivity index (χ0) is 20.2. The number of nitrogens with one attached hydrogen (secondary N) is 4. The SMILES string of the molecule is CNCC(NC(=O)c1sccc1Nc1ccnc2[nH]ccc12)c1cccc(Cl)c1. The molecule has 4 N–H and O–H groups in total. The molecule has 3 aromatic heterocycles. The minimum Gasteiger partial charge on any atom is -0.354 e. The molecule has 1 amide bonds. The lowest BCUT2D eigenvalue weighted by molar-refractivity contribution is 0.0941. The third kappa shape index (κ3) is 4.27. The van der Waals surface area contributed by atoms with E-state index in [0.29, 0.717) is 16.4 Å². The van der Waals surface area contributed by atoms with Crippen molar-refractivity contribution in [2.75, 3.05) is 18.9 Å². The normalized spacial score (nSPS) is 12.1. The average molecular weight is 426 g/mol. The summed E-state index contributed by atoms with van der Waals surface area (Å²) in [7, 11) is 1.85. The maximum absolute atomic E-state index is 13.1. The molecule has 4 aromatic rings. The summed E-state index contributed by atoms with van der Waals surface area (Å²) in [5.41, 5.74) is 3.40. The predicted octanol–water partition coefficient (Wildman–Crippen LogP) is 4.71. The van der Waals surface area contributed by atoms with Gasteiger partial charge in [-0.05, 0) is 48.3 Å². The number of benzene rings is 1. The number of pyridine rings is 1. The molecule has 0 saturated heterocycles. The van der Waals surface area contributed by atoms with Crippen molar-refractivity contribution in [2.45, 2.75) is 6.04 Å². The minimum atomic E-state index is -0.196. The number of thiophene rings is 1. The van der Waals surface area contributed by atoms with Crippen LogP contribution >= 0.6 is 22.9 Å². The molecule has 1 aromatic carbocycles. The Labute approximate surface area is 177 Å². The van der Waals surface area contributed by atoms with Gasteiger partial charge < -0.3 is 20.9 Å². The number of H-pyrrole nitrogens is 1. The maximum Gasteiger partial charge on any atom is 0.264 e.